The van der Waals surface area contributed by atoms with Crippen LogP contribution in [0.3, 0.4) is 0 Å². The van der Waals surface area contributed by atoms with Gasteiger partial charge in [0.25, 0.3) is 0 Å². The Morgan fingerprint density at radius 1 is 1.35 bits per heavy atom. The molecule has 1 aromatic rings. The van der Waals surface area contributed by atoms with E-state index in [4.69, 9.17) is 15.1 Å². The third kappa shape index (κ3) is 4.11. The van der Waals surface area contributed by atoms with Crippen LogP contribution in [0, 0.1) is 11.3 Å². The van der Waals surface area contributed by atoms with E-state index in [2.05, 4.69) is 0 Å². The largest absolute Gasteiger partial charge is 0.416 e. The smallest absolute Gasteiger partial charge is 0.395 e. The van der Waals surface area contributed by atoms with Crippen molar-refractivity contribution in [1.82, 2.24) is 0 Å². The molecule has 20 heavy (non-hydrogen) atoms. The third-order valence-corrected chi connectivity index (χ3v) is 2.72. The van der Waals surface area contributed by atoms with Crippen LogP contribution in [0.4, 0.5) is 18.9 Å². The first-order valence-electron chi connectivity index (χ1n) is 5.90. The summed E-state index contributed by atoms with van der Waals surface area (Å²) in [5, 5.41) is 18.0. The fourth-order valence-corrected chi connectivity index (χ4v) is 1.75. The molecule has 0 aliphatic rings. The summed E-state index contributed by atoms with van der Waals surface area (Å²) in [7, 11) is 1.50. The molecular formula is C13H15F3N2O2. The van der Waals surface area contributed by atoms with Crippen LogP contribution in [0.1, 0.15) is 11.1 Å². The average Bonchev–Trinajstić information content (AvgIpc) is 2.41. The normalized spacial score (nSPS) is 11.2. The molecule has 0 amide bonds. The van der Waals surface area contributed by atoms with Gasteiger partial charge in [-0.1, -0.05) is 0 Å². The highest BCUT2D eigenvalue weighted by molar-refractivity contribution is 5.60. The second kappa shape index (κ2) is 7.12. The lowest BCUT2D eigenvalue weighted by molar-refractivity contribution is -0.137. The van der Waals surface area contributed by atoms with Gasteiger partial charge < -0.3 is 14.7 Å². The van der Waals surface area contributed by atoms with Gasteiger partial charge in [0, 0.05) is 20.2 Å². The maximum Gasteiger partial charge on any atom is 0.416 e. The molecule has 0 radical (unpaired) electrons. The molecule has 0 atom stereocenters. The maximum atomic E-state index is 12.6. The second-order valence-corrected chi connectivity index (χ2v) is 4.04. The third-order valence-electron chi connectivity index (χ3n) is 2.72. The van der Waals surface area contributed by atoms with Crippen LogP contribution >= 0.6 is 0 Å². The average molecular weight is 288 g/mol. The first-order chi connectivity index (χ1) is 9.43. The van der Waals surface area contributed by atoms with Gasteiger partial charge in [-0.15, -0.1) is 0 Å². The molecular weight excluding hydrogens is 273 g/mol. The van der Waals surface area contributed by atoms with E-state index in [0.717, 1.165) is 12.1 Å². The Morgan fingerprint density at radius 2 is 2.05 bits per heavy atom. The van der Waals surface area contributed by atoms with Crippen molar-refractivity contribution in [1.29, 1.82) is 5.26 Å². The lowest BCUT2D eigenvalue weighted by atomic mass is 10.1. The van der Waals surface area contributed by atoms with Crippen molar-refractivity contribution in [2.45, 2.75) is 6.18 Å². The van der Waals surface area contributed by atoms with Crippen LogP contribution in [0.5, 0.6) is 0 Å². The molecule has 1 aromatic carbocycles. The highest BCUT2D eigenvalue weighted by Gasteiger charge is 2.31. The standard InChI is InChI=1S/C13H15F3N2O2/c1-20-7-5-18(4-6-19)12-3-2-11(13(14,15)16)8-10(12)9-17/h2-3,8,19H,4-7H2,1H3. The second-order valence-electron chi connectivity index (χ2n) is 4.04. The van der Waals surface area contributed by atoms with Gasteiger partial charge in [-0.25, -0.2) is 0 Å². The Hall–Kier alpha value is -1.78. The number of halogens is 3. The molecule has 0 bridgehead atoms. The van der Waals surface area contributed by atoms with Crippen LogP contribution in [0.25, 0.3) is 0 Å². The number of alkyl halides is 3. The van der Waals surface area contributed by atoms with Gasteiger partial charge in [-0.05, 0) is 18.2 Å². The van der Waals surface area contributed by atoms with Crippen LogP contribution in [0.2, 0.25) is 0 Å². The van der Waals surface area contributed by atoms with E-state index in [1.54, 1.807) is 11.0 Å². The molecule has 4 nitrogen and oxygen atoms in total. The SMILES string of the molecule is COCCN(CCO)c1ccc(C(F)(F)F)cc1C#N. The van der Waals surface area contributed by atoms with Gasteiger partial charge >= 0.3 is 6.18 Å². The van der Waals surface area contributed by atoms with Gasteiger partial charge in [0.15, 0.2) is 0 Å². The molecule has 7 heteroatoms. The van der Waals surface area contributed by atoms with Gasteiger partial charge in [0.1, 0.15) is 6.07 Å². The zero-order valence-corrected chi connectivity index (χ0v) is 10.9. The maximum absolute atomic E-state index is 12.6. The van der Waals surface area contributed by atoms with Crippen molar-refractivity contribution in [3.63, 3.8) is 0 Å². The number of nitrogens with zero attached hydrogens (tertiary/aromatic N) is 2. The number of anilines is 1. The van der Waals surface area contributed by atoms with Crippen molar-refractivity contribution in [3.05, 3.63) is 29.3 Å². The van der Waals surface area contributed by atoms with Crippen molar-refractivity contribution in [3.8, 4) is 6.07 Å². The molecule has 0 unspecified atom stereocenters. The lowest BCUT2D eigenvalue weighted by Crippen LogP contribution is -2.31. The molecule has 110 valence electrons. The summed E-state index contributed by atoms with van der Waals surface area (Å²) in [6.07, 6.45) is -4.49. The Morgan fingerprint density at radius 3 is 2.55 bits per heavy atom. The molecule has 0 aromatic heterocycles. The molecule has 0 saturated carbocycles. The molecule has 0 heterocycles. The molecule has 0 fully saturated rings. The summed E-state index contributed by atoms with van der Waals surface area (Å²) < 4.78 is 42.7. The fourth-order valence-electron chi connectivity index (χ4n) is 1.75. The first-order valence-corrected chi connectivity index (χ1v) is 5.90. The predicted molar refractivity (Wildman–Crippen MR) is 67.3 cm³/mol. The van der Waals surface area contributed by atoms with E-state index in [9.17, 15) is 13.2 Å². The monoisotopic (exact) mass is 288 g/mol. The number of hydrogen-bond acceptors (Lipinski definition) is 4. The van der Waals surface area contributed by atoms with Crippen molar-refractivity contribution < 1.29 is 23.0 Å². The van der Waals surface area contributed by atoms with E-state index < -0.39 is 11.7 Å². The van der Waals surface area contributed by atoms with Crippen molar-refractivity contribution >= 4 is 5.69 Å². The summed E-state index contributed by atoms with van der Waals surface area (Å²) >= 11 is 0. The highest BCUT2D eigenvalue weighted by Crippen LogP contribution is 2.32. The zero-order valence-electron chi connectivity index (χ0n) is 10.9. The topological polar surface area (TPSA) is 56.5 Å². The summed E-state index contributed by atoms with van der Waals surface area (Å²) in [6, 6.07) is 4.74. The van der Waals surface area contributed by atoms with Crippen LogP contribution in [-0.4, -0.2) is 38.5 Å². The number of aliphatic hydroxyl groups excluding tert-OH is 1. The number of benzene rings is 1. The number of methoxy groups -OCH3 is 1. The van der Waals surface area contributed by atoms with E-state index in [0.29, 0.717) is 18.8 Å². The summed E-state index contributed by atoms with van der Waals surface area (Å²) in [4.78, 5) is 1.61. The van der Waals surface area contributed by atoms with Gasteiger partial charge in [0.2, 0.25) is 0 Å². The number of ether oxygens (including phenoxy) is 1. The lowest BCUT2D eigenvalue weighted by Gasteiger charge is -2.25. The molecule has 0 saturated heterocycles. The minimum Gasteiger partial charge on any atom is -0.395 e. The van der Waals surface area contributed by atoms with E-state index in [1.165, 1.54) is 13.2 Å². The minimum absolute atomic E-state index is 0.0793. The van der Waals surface area contributed by atoms with Crippen LogP contribution in [0.15, 0.2) is 18.2 Å². The van der Waals surface area contributed by atoms with Crippen molar-refractivity contribution in [2.24, 2.45) is 0 Å². The number of aliphatic hydroxyl groups is 1. The van der Waals surface area contributed by atoms with Crippen LogP contribution in [-0.2, 0) is 10.9 Å². The Bertz CT molecular complexity index is 483. The van der Waals surface area contributed by atoms with E-state index in [-0.39, 0.29) is 18.7 Å². The number of hydrogen-bond donors (Lipinski definition) is 1. The van der Waals surface area contributed by atoms with Crippen LogP contribution < -0.4 is 4.90 Å². The molecule has 0 aliphatic heterocycles. The summed E-state index contributed by atoms with van der Waals surface area (Å²) in [6.45, 7) is 0.752. The Balaban J connectivity index is 3.12. The van der Waals surface area contributed by atoms with E-state index >= 15 is 0 Å². The van der Waals surface area contributed by atoms with E-state index in [1.807, 2.05) is 0 Å². The molecule has 0 aliphatic carbocycles. The number of nitriles is 1. The van der Waals surface area contributed by atoms with Gasteiger partial charge in [0.05, 0.1) is 30.0 Å². The summed E-state index contributed by atoms with van der Waals surface area (Å²) in [5.41, 5.74) is -0.593. The molecule has 1 N–H and O–H groups in total. The Kier molecular flexibility index (Phi) is 5.80. The molecule has 1 rings (SSSR count). The number of rotatable bonds is 6. The highest BCUT2D eigenvalue weighted by atomic mass is 19.4. The van der Waals surface area contributed by atoms with Crippen molar-refractivity contribution in [2.75, 3.05) is 38.3 Å². The van der Waals surface area contributed by atoms with Gasteiger partial charge in [-0.2, -0.15) is 18.4 Å². The Labute approximate surface area is 115 Å². The van der Waals surface area contributed by atoms with Gasteiger partial charge in [-0.3, -0.25) is 0 Å². The quantitative estimate of drug-likeness (QED) is 0.870. The zero-order chi connectivity index (χ0) is 15.2. The minimum atomic E-state index is -4.49. The molecule has 0 spiro atoms. The summed E-state index contributed by atoms with van der Waals surface area (Å²) in [5.74, 6) is 0. The predicted octanol–water partition coefficient (Wildman–Crippen LogP) is 2.02. The fraction of sp³-hybridized carbons (Fsp3) is 0.462. The first kappa shape index (κ1) is 16.3.